The molecule has 0 aromatic heterocycles. The molecular formula is C14H26N2O6S. The molecule has 23 heavy (non-hydrogen) atoms. The normalized spacial score (nSPS) is 22.3. The monoisotopic (exact) mass is 350 g/mol. The number of hydrogen-bond acceptors (Lipinski definition) is 5. The van der Waals surface area contributed by atoms with Gasteiger partial charge in [-0.05, 0) is 33.6 Å². The van der Waals surface area contributed by atoms with E-state index in [0.717, 1.165) is 0 Å². The van der Waals surface area contributed by atoms with Crippen molar-refractivity contribution in [3.05, 3.63) is 0 Å². The molecule has 2 atom stereocenters. The molecule has 0 radical (unpaired) electrons. The number of sulfonamides is 1. The number of aliphatic carboxylic acids is 1. The third kappa shape index (κ3) is 6.84. The van der Waals surface area contributed by atoms with Gasteiger partial charge < -0.3 is 14.7 Å². The number of rotatable bonds is 8. The molecule has 0 bridgehead atoms. The number of carboxylic acids is 1. The second kappa shape index (κ2) is 8.60. The van der Waals surface area contributed by atoms with Gasteiger partial charge in [0.1, 0.15) is 0 Å². The first kappa shape index (κ1) is 19.9. The van der Waals surface area contributed by atoms with E-state index < -0.39 is 27.8 Å². The Hall–Kier alpha value is -1.19. The molecule has 1 saturated heterocycles. The van der Waals surface area contributed by atoms with Crippen molar-refractivity contribution in [1.29, 1.82) is 0 Å². The Labute approximate surface area is 137 Å². The number of carbonyl (C=O) groups is 2. The van der Waals surface area contributed by atoms with Crippen LogP contribution in [0.4, 0.5) is 0 Å². The molecule has 9 heteroatoms. The molecule has 8 nitrogen and oxygen atoms in total. The first-order chi connectivity index (χ1) is 10.6. The van der Waals surface area contributed by atoms with E-state index in [0.29, 0.717) is 12.8 Å². The van der Waals surface area contributed by atoms with Gasteiger partial charge in [0.25, 0.3) is 0 Å². The van der Waals surface area contributed by atoms with Crippen molar-refractivity contribution in [2.75, 3.05) is 25.4 Å². The van der Waals surface area contributed by atoms with E-state index in [1.807, 2.05) is 6.92 Å². The van der Waals surface area contributed by atoms with E-state index in [9.17, 15) is 18.0 Å². The van der Waals surface area contributed by atoms with Gasteiger partial charge in [-0.2, -0.15) is 0 Å². The quantitative estimate of drug-likeness (QED) is 0.639. The summed E-state index contributed by atoms with van der Waals surface area (Å²) in [6, 6.07) is -0.0909. The van der Waals surface area contributed by atoms with Crippen LogP contribution in [0.1, 0.15) is 33.6 Å². The number of piperidine rings is 1. The summed E-state index contributed by atoms with van der Waals surface area (Å²) in [4.78, 5) is 24.7. The standard InChI is InChI=1S/C14H26N2O6S/c1-10(2)22-6-7-23(20,21)15-8-13(17)16-9-12(14(18)19)5-4-11(16)3/h10-12,15H,4-9H2,1-3H3,(H,18,19). The zero-order chi connectivity index (χ0) is 17.6. The molecule has 2 N–H and O–H groups in total. The molecule has 1 aliphatic heterocycles. The van der Waals surface area contributed by atoms with E-state index >= 15 is 0 Å². The van der Waals surface area contributed by atoms with Crippen LogP contribution in [-0.4, -0.2) is 67.9 Å². The molecule has 0 aromatic rings. The first-order valence-corrected chi connectivity index (χ1v) is 9.39. The second-order valence-electron chi connectivity index (χ2n) is 6.07. The summed E-state index contributed by atoms with van der Waals surface area (Å²) in [5, 5.41) is 9.06. The average molecular weight is 350 g/mol. The number of carbonyl (C=O) groups excluding carboxylic acids is 1. The maximum atomic E-state index is 12.2. The number of ether oxygens (including phenoxy) is 1. The number of amides is 1. The number of nitrogens with one attached hydrogen (secondary N) is 1. The lowest BCUT2D eigenvalue weighted by Crippen LogP contribution is -2.50. The van der Waals surface area contributed by atoms with Crippen molar-refractivity contribution >= 4 is 21.9 Å². The molecule has 2 unspecified atom stereocenters. The number of hydrogen-bond donors (Lipinski definition) is 2. The topological polar surface area (TPSA) is 113 Å². The molecule has 1 fully saturated rings. The van der Waals surface area contributed by atoms with Gasteiger partial charge in [0.15, 0.2) is 0 Å². The highest BCUT2D eigenvalue weighted by Crippen LogP contribution is 2.22. The Balaban J connectivity index is 2.49. The lowest BCUT2D eigenvalue weighted by molar-refractivity contribution is -0.146. The lowest BCUT2D eigenvalue weighted by atomic mass is 9.93. The Bertz CT molecular complexity index is 519. The predicted molar refractivity (Wildman–Crippen MR) is 84.4 cm³/mol. The Morgan fingerprint density at radius 1 is 1.35 bits per heavy atom. The smallest absolute Gasteiger partial charge is 0.308 e. The van der Waals surface area contributed by atoms with Crippen LogP contribution in [0.15, 0.2) is 0 Å². The van der Waals surface area contributed by atoms with Gasteiger partial charge in [-0.15, -0.1) is 0 Å². The fourth-order valence-corrected chi connectivity index (χ4v) is 3.20. The minimum Gasteiger partial charge on any atom is -0.481 e. The van der Waals surface area contributed by atoms with E-state index in [1.54, 1.807) is 13.8 Å². The third-order valence-electron chi connectivity index (χ3n) is 3.80. The van der Waals surface area contributed by atoms with Crippen LogP contribution in [0.5, 0.6) is 0 Å². The van der Waals surface area contributed by atoms with Gasteiger partial charge in [-0.25, -0.2) is 13.1 Å². The van der Waals surface area contributed by atoms with Crippen LogP contribution in [0.2, 0.25) is 0 Å². The summed E-state index contributed by atoms with van der Waals surface area (Å²) < 4.78 is 31.0. The largest absolute Gasteiger partial charge is 0.481 e. The summed E-state index contributed by atoms with van der Waals surface area (Å²) in [5.74, 6) is -2.14. The van der Waals surface area contributed by atoms with E-state index in [1.165, 1.54) is 4.90 Å². The molecular weight excluding hydrogens is 324 g/mol. The molecule has 1 amide bonds. The number of carboxylic acid groups (broad SMARTS) is 1. The summed E-state index contributed by atoms with van der Waals surface area (Å²) >= 11 is 0. The zero-order valence-corrected chi connectivity index (χ0v) is 14.6. The highest BCUT2D eigenvalue weighted by Gasteiger charge is 2.32. The van der Waals surface area contributed by atoms with Crippen LogP contribution in [0, 0.1) is 5.92 Å². The average Bonchev–Trinajstić information content (AvgIpc) is 2.44. The third-order valence-corrected chi connectivity index (χ3v) is 5.09. The zero-order valence-electron chi connectivity index (χ0n) is 13.8. The van der Waals surface area contributed by atoms with Gasteiger partial charge >= 0.3 is 5.97 Å². The van der Waals surface area contributed by atoms with Crippen LogP contribution in [-0.2, 0) is 24.3 Å². The molecule has 0 spiro atoms. The maximum absolute atomic E-state index is 12.2. The van der Waals surface area contributed by atoms with Crippen molar-refractivity contribution in [3.8, 4) is 0 Å². The minimum absolute atomic E-state index is 0.0579. The highest BCUT2D eigenvalue weighted by molar-refractivity contribution is 7.89. The Morgan fingerprint density at radius 2 is 2.00 bits per heavy atom. The molecule has 0 aromatic carbocycles. The van der Waals surface area contributed by atoms with Crippen LogP contribution >= 0.6 is 0 Å². The lowest BCUT2D eigenvalue weighted by Gasteiger charge is -2.36. The van der Waals surface area contributed by atoms with E-state index in [4.69, 9.17) is 9.84 Å². The van der Waals surface area contributed by atoms with Gasteiger partial charge in [0.05, 0.1) is 30.9 Å². The van der Waals surface area contributed by atoms with Crippen molar-refractivity contribution in [2.45, 2.75) is 45.8 Å². The van der Waals surface area contributed by atoms with Gasteiger partial charge in [-0.1, -0.05) is 0 Å². The predicted octanol–water partition coefficient (Wildman–Crippen LogP) is 0.0425. The number of nitrogens with zero attached hydrogens (tertiary/aromatic N) is 1. The fraction of sp³-hybridized carbons (Fsp3) is 0.857. The molecule has 134 valence electrons. The van der Waals surface area contributed by atoms with Crippen molar-refractivity contribution in [1.82, 2.24) is 9.62 Å². The fourth-order valence-electron chi connectivity index (χ4n) is 2.40. The minimum atomic E-state index is -3.60. The molecule has 1 heterocycles. The maximum Gasteiger partial charge on any atom is 0.308 e. The SMILES string of the molecule is CC(C)OCCS(=O)(=O)NCC(=O)N1CC(C(=O)O)CCC1C. The Kier molecular flexibility index (Phi) is 7.43. The van der Waals surface area contributed by atoms with Gasteiger partial charge in [0.2, 0.25) is 15.9 Å². The molecule has 1 rings (SSSR count). The van der Waals surface area contributed by atoms with E-state index in [2.05, 4.69) is 4.72 Å². The van der Waals surface area contributed by atoms with E-state index in [-0.39, 0.29) is 37.6 Å². The second-order valence-corrected chi connectivity index (χ2v) is 7.99. The van der Waals surface area contributed by atoms with Crippen molar-refractivity contribution in [2.24, 2.45) is 5.92 Å². The summed E-state index contributed by atoms with van der Waals surface area (Å²) in [6.07, 6.45) is 1.06. The number of likely N-dealkylation sites (tertiary alicyclic amines) is 1. The molecule has 0 aliphatic carbocycles. The van der Waals surface area contributed by atoms with Crippen molar-refractivity contribution < 1.29 is 27.9 Å². The Morgan fingerprint density at radius 3 is 2.57 bits per heavy atom. The van der Waals surface area contributed by atoms with Crippen LogP contribution in [0.25, 0.3) is 0 Å². The summed E-state index contributed by atoms with van der Waals surface area (Å²) in [6.45, 7) is 5.26. The molecule has 1 aliphatic rings. The highest BCUT2D eigenvalue weighted by atomic mass is 32.2. The molecule has 0 saturated carbocycles. The van der Waals surface area contributed by atoms with Crippen LogP contribution in [0.3, 0.4) is 0 Å². The summed E-state index contributed by atoms with van der Waals surface area (Å²) in [5.41, 5.74) is 0. The first-order valence-electron chi connectivity index (χ1n) is 7.73. The van der Waals surface area contributed by atoms with Gasteiger partial charge in [-0.3, -0.25) is 9.59 Å². The van der Waals surface area contributed by atoms with Crippen molar-refractivity contribution in [3.63, 3.8) is 0 Å². The van der Waals surface area contributed by atoms with Crippen LogP contribution < -0.4 is 4.72 Å². The summed E-state index contributed by atoms with van der Waals surface area (Å²) in [7, 11) is -3.60. The van der Waals surface area contributed by atoms with Gasteiger partial charge in [0, 0.05) is 12.6 Å².